The molecule has 4 rings (SSSR count). The first-order valence-corrected chi connectivity index (χ1v) is 11.2. The van der Waals surface area contributed by atoms with Crippen LogP contribution in [0.1, 0.15) is 42.4 Å². The maximum atomic E-state index is 4.53. The topological polar surface area (TPSA) is 55.8 Å². The summed E-state index contributed by atoms with van der Waals surface area (Å²) < 4.78 is 0. The Balaban J connectivity index is 1.24. The molecule has 0 unspecified atom stereocenters. The van der Waals surface area contributed by atoms with Crippen LogP contribution in [0.5, 0.6) is 0 Å². The van der Waals surface area contributed by atoms with Crippen LogP contribution in [0.15, 0.2) is 47.6 Å². The number of hydrogen-bond donors (Lipinski definition) is 2. The van der Waals surface area contributed by atoms with E-state index in [9.17, 15) is 0 Å². The van der Waals surface area contributed by atoms with E-state index in [2.05, 4.69) is 66.8 Å². The van der Waals surface area contributed by atoms with Crippen LogP contribution >= 0.6 is 0 Å². The van der Waals surface area contributed by atoms with Crippen LogP contribution in [-0.2, 0) is 19.6 Å². The van der Waals surface area contributed by atoms with Crippen LogP contribution in [0.2, 0.25) is 0 Å². The molecule has 2 saturated heterocycles. The van der Waals surface area contributed by atoms with Crippen molar-refractivity contribution in [2.75, 3.05) is 38.1 Å². The van der Waals surface area contributed by atoms with Gasteiger partial charge in [-0.25, -0.2) is 4.98 Å². The molecule has 2 aliphatic heterocycles. The average molecular weight is 407 g/mol. The Morgan fingerprint density at radius 1 is 0.867 bits per heavy atom. The summed E-state index contributed by atoms with van der Waals surface area (Å²) in [5, 5.41) is 6.84. The summed E-state index contributed by atoms with van der Waals surface area (Å²) in [4.78, 5) is 13.8. The van der Waals surface area contributed by atoms with E-state index >= 15 is 0 Å². The predicted molar refractivity (Wildman–Crippen MR) is 124 cm³/mol. The predicted octanol–water partition coefficient (Wildman–Crippen LogP) is 3.14. The molecule has 1 aromatic heterocycles. The molecule has 30 heavy (non-hydrogen) atoms. The maximum absolute atomic E-state index is 4.53. The first-order chi connectivity index (χ1) is 14.8. The largest absolute Gasteiger partial charge is 0.357 e. The van der Waals surface area contributed by atoms with Gasteiger partial charge in [0.25, 0.3) is 0 Å². The van der Waals surface area contributed by atoms with Gasteiger partial charge in [-0.2, -0.15) is 0 Å². The monoisotopic (exact) mass is 406 g/mol. The van der Waals surface area contributed by atoms with Crippen LogP contribution in [0, 0.1) is 0 Å². The second kappa shape index (κ2) is 10.4. The number of likely N-dealkylation sites (tertiary alicyclic amines) is 1. The summed E-state index contributed by atoms with van der Waals surface area (Å²) in [5.41, 5.74) is 3.89. The normalized spacial score (nSPS) is 17.5. The highest BCUT2D eigenvalue weighted by Crippen LogP contribution is 2.18. The molecule has 2 aliphatic rings. The highest BCUT2D eigenvalue weighted by atomic mass is 15.2. The number of anilines is 1. The number of hydrogen-bond acceptors (Lipinski definition) is 4. The zero-order valence-corrected chi connectivity index (χ0v) is 18.1. The number of nitrogens with zero attached hydrogens (tertiary/aromatic N) is 4. The van der Waals surface area contributed by atoms with Gasteiger partial charge in [0.1, 0.15) is 5.82 Å². The van der Waals surface area contributed by atoms with Gasteiger partial charge in [-0.05, 0) is 67.6 Å². The van der Waals surface area contributed by atoms with E-state index in [-0.39, 0.29) is 0 Å². The number of benzene rings is 1. The lowest BCUT2D eigenvalue weighted by atomic mass is 10.1. The number of aromatic nitrogens is 1. The van der Waals surface area contributed by atoms with Crippen molar-refractivity contribution in [3.05, 3.63) is 59.3 Å². The van der Waals surface area contributed by atoms with Crippen molar-refractivity contribution in [2.24, 2.45) is 4.99 Å². The molecule has 2 N–H and O–H groups in total. The van der Waals surface area contributed by atoms with E-state index in [0.29, 0.717) is 0 Å². The van der Waals surface area contributed by atoms with Gasteiger partial charge in [-0.15, -0.1) is 0 Å². The number of nitrogens with one attached hydrogen (secondary N) is 2. The molecule has 6 heteroatoms. The fraction of sp³-hybridized carbons (Fsp3) is 0.500. The fourth-order valence-electron chi connectivity index (χ4n) is 4.24. The summed E-state index contributed by atoms with van der Waals surface area (Å²) in [6, 6.07) is 13.2. The number of pyridine rings is 1. The molecule has 0 amide bonds. The standard InChI is InChI=1S/C24H34N6/c1-25-24(28-18-22-10-11-26-23(16-22)30-14-4-5-15-30)27-17-20-6-8-21(9-7-20)19-29-12-2-3-13-29/h6-11,16H,2-5,12-15,17-19H2,1H3,(H2,25,27,28). The smallest absolute Gasteiger partial charge is 0.191 e. The molecule has 0 bridgehead atoms. The van der Waals surface area contributed by atoms with E-state index in [4.69, 9.17) is 0 Å². The molecular weight excluding hydrogens is 372 g/mol. The van der Waals surface area contributed by atoms with Crippen molar-refractivity contribution >= 4 is 11.8 Å². The number of guanidine groups is 1. The van der Waals surface area contributed by atoms with Gasteiger partial charge >= 0.3 is 0 Å². The number of rotatable bonds is 7. The Hall–Kier alpha value is -2.60. The number of aliphatic imine (C=N–C) groups is 1. The molecule has 0 radical (unpaired) electrons. The van der Waals surface area contributed by atoms with E-state index in [1.54, 1.807) is 0 Å². The Bertz CT molecular complexity index is 820. The van der Waals surface area contributed by atoms with E-state index in [1.807, 2.05) is 13.2 Å². The summed E-state index contributed by atoms with van der Waals surface area (Å²) >= 11 is 0. The Kier molecular flexibility index (Phi) is 7.19. The van der Waals surface area contributed by atoms with Gasteiger partial charge in [0.15, 0.2) is 5.96 Å². The molecule has 1 aromatic carbocycles. The first kappa shape index (κ1) is 20.7. The molecule has 6 nitrogen and oxygen atoms in total. The molecule has 0 atom stereocenters. The third kappa shape index (κ3) is 5.72. The van der Waals surface area contributed by atoms with Gasteiger partial charge in [0, 0.05) is 46.0 Å². The van der Waals surface area contributed by atoms with Crippen LogP contribution in [0.4, 0.5) is 5.82 Å². The van der Waals surface area contributed by atoms with E-state index in [1.165, 1.54) is 55.5 Å². The first-order valence-electron chi connectivity index (χ1n) is 11.2. The molecule has 3 heterocycles. The molecule has 0 aliphatic carbocycles. The second-order valence-corrected chi connectivity index (χ2v) is 8.30. The molecule has 2 aromatic rings. The third-order valence-corrected chi connectivity index (χ3v) is 6.01. The minimum absolute atomic E-state index is 0.734. The molecular formula is C24H34N6. The van der Waals surface area contributed by atoms with Crippen molar-refractivity contribution in [3.8, 4) is 0 Å². The fourth-order valence-corrected chi connectivity index (χ4v) is 4.24. The van der Waals surface area contributed by atoms with Crippen molar-refractivity contribution in [1.29, 1.82) is 0 Å². The second-order valence-electron chi connectivity index (χ2n) is 8.30. The minimum atomic E-state index is 0.734. The van der Waals surface area contributed by atoms with Gasteiger partial charge in [-0.1, -0.05) is 24.3 Å². The lowest BCUT2D eigenvalue weighted by molar-refractivity contribution is 0.331. The van der Waals surface area contributed by atoms with Crippen molar-refractivity contribution < 1.29 is 0 Å². The van der Waals surface area contributed by atoms with Gasteiger partial charge in [-0.3, -0.25) is 9.89 Å². The van der Waals surface area contributed by atoms with Crippen LogP contribution < -0.4 is 15.5 Å². The lowest BCUT2D eigenvalue weighted by Gasteiger charge is -2.17. The molecule has 0 spiro atoms. The zero-order chi connectivity index (χ0) is 20.6. The van der Waals surface area contributed by atoms with Gasteiger partial charge in [0.2, 0.25) is 0 Å². The van der Waals surface area contributed by atoms with Crippen molar-refractivity contribution in [3.63, 3.8) is 0 Å². The summed E-state index contributed by atoms with van der Waals surface area (Å²) in [5.74, 6) is 1.90. The summed E-state index contributed by atoms with van der Waals surface area (Å²) in [7, 11) is 1.82. The third-order valence-electron chi connectivity index (χ3n) is 6.01. The molecule has 0 saturated carbocycles. The molecule has 2 fully saturated rings. The zero-order valence-electron chi connectivity index (χ0n) is 18.1. The molecule has 160 valence electrons. The van der Waals surface area contributed by atoms with Gasteiger partial charge in [0.05, 0.1) is 0 Å². The summed E-state index contributed by atoms with van der Waals surface area (Å²) in [6.07, 6.45) is 7.12. The lowest BCUT2D eigenvalue weighted by Crippen LogP contribution is -2.36. The Labute approximate surface area is 180 Å². The highest BCUT2D eigenvalue weighted by molar-refractivity contribution is 5.79. The van der Waals surface area contributed by atoms with Crippen LogP contribution in [-0.4, -0.2) is 49.1 Å². The Morgan fingerprint density at radius 2 is 1.50 bits per heavy atom. The highest BCUT2D eigenvalue weighted by Gasteiger charge is 2.14. The maximum Gasteiger partial charge on any atom is 0.191 e. The average Bonchev–Trinajstić information content (AvgIpc) is 3.50. The SMILES string of the molecule is CN=C(NCc1ccc(CN2CCCC2)cc1)NCc1ccnc(N2CCCC2)c1. The quantitative estimate of drug-likeness (QED) is 0.547. The minimum Gasteiger partial charge on any atom is -0.357 e. The van der Waals surface area contributed by atoms with E-state index < -0.39 is 0 Å². The van der Waals surface area contributed by atoms with Gasteiger partial charge < -0.3 is 15.5 Å². The van der Waals surface area contributed by atoms with Crippen LogP contribution in [0.3, 0.4) is 0 Å². The van der Waals surface area contributed by atoms with E-state index in [0.717, 1.165) is 44.5 Å². The Morgan fingerprint density at radius 3 is 2.20 bits per heavy atom. The van der Waals surface area contributed by atoms with Crippen molar-refractivity contribution in [1.82, 2.24) is 20.5 Å². The van der Waals surface area contributed by atoms with Crippen LogP contribution in [0.25, 0.3) is 0 Å². The summed E-state index contributed by atoms with van der Waals surface area (Å²) in [6.45, 7) is 7.28. The van der Waals surface area contributed by atoms with Crippen molar-refractivity contribution in [2.45, 2.75) is 45.3 Å².